The van der Waals surface area contributed by atoms with Gasteiger partial charge in [-0.1, -0.05) is 36.4 Å². The van der Waals surface area contributed by atoms with Crippen molar-refractivity contribution in [3.05, 3.63) is 89.1 Å². The standard InChI is InChI=1S/C25H21NO5/c27-25(28)24-19(9-6-16-7-11-22-23(12-16)31-15-30-22)20-13-18(8-10-21(20)26-24)29-14-17-4-2-1-3-5-17/h1-5,7-8,10-13,26H,6,9,14-15H2,(H,27,28). The van der Waals surface area contributed by atoms with Gasteiger partial charge in [0.15, 0.2) is 11.5 Å². The van der Waals surface area contributed by atoms with Crippen LogP contribution in [0.4, 0.5) is 0 Å². The maximum atomic E-state index is 11.9. The SMILES string of the molecule is O=C(O)c1[nH]c2ccc(OCc3ccccc3)cc2c1CCc1ccc2c(c1)OCO2. The first-order chi connectivity index (χ1) is 15.2. The van der Waals surface area contributed by atoms with E-state index >= 15 is 0 Å². The van der Waals surface area contributed by atoms with Crippen molar-refractivity contribution in [2.45, 2.75) is 19.4 Å². The van der Waals surface area contributed by atoms with Crippen LogP contribution in [0.3, 0.4) is 0 Å². The van der Waals surface area contributed by atoms with Gasteiger partial charge in [-0.3, -0.25) is 0 Å². The molecule has 0 saturated heterocycles. The summed E-state index contributed by atoms with van der Waals surface area (Å²) in [7, 11) is 0. The van der Waals surface area contributed by atoms with Crippen molar-refractivity contribution in [2.24, 2.45) is 0 Å². The molecule has 2 heterocycles. The van der Waals surface area contributed by atoms with E-state index in [2.05, 4.69) is 4.98 Å². The van der Waals surface area contributed by atoms with E-state index in [0.29, 0.717) is 25.2 Å². The summed E-state index contributed by atoms with van der Waals surface area (Å²) in [6.45, 7) is 0.686. The van der Waals surface area contributed by atoms with Gasteiger partial charge in [0.25, 0.3) is 0 Å². The number of hydrogen-bond donors (Lipinski definition) is 2. The van der Waals surface area contributed by atoms with E-state index in [0.717, 1.165) is 39.1 Å². The lowest BCUT2D eigenvalue weighted by molar-refractivity contribution is 0.0690. The van der Waals surface area contributed by atoms with Crippen LogP contribution in [0.2, 0.25) is 0 Å². The molecule has 0 fully saturated rings. The molecule has 0 atom stereocenters. The lowest BCUT2D eigenvalue weighted by Gasteiger charge is -2.08. The smallest absolute Gasteiger partial charge is 0.352 e. The Hall–Kier alpha value is -3.93. The summed E-state index contributed by atoms with van der Waals surface area (Å²) in [4.78, 5) is 14.9. The molecule has 0 radical (unpaired) electrons. The number of aromatic carboxylic acids is 1. The Morgan fingerprint density at radius 3 is 2.61 bits per heavy atom. The van der Waals surface area contributed by atoms with E-state index in [4.69, 9.17) is 14.2 Å². The molecule has 0 aliphatic carbocycles. The topological polar surface area (TPSA) is 80.8 Å². The van der Waals surface area contributed by atoms with Crippen LogP contribution >= 0.6 is 0 Å². The number of rotatable bonds is 7. The molecule has 0 unspecified atom stereocenters. The Morgan fingerprint density at radius 1 is 0.935 bits per heavy atom. The third kappa shape index (κ3) is 3.92. The van der Waals surface area contributed by atoms with Crippen LogP contribution in [0.1, 0.15) is 27.2 Å². The first-order valence-electron chi connectivity index (χ1n) is 10.1. The van der Waals surface area contributed by atoms with Crippen molar-refractivity contribution in [1.29, 1.82) is 0 Å². The fraction of sp³-hybridized carbons (Fsp3) is 0.160. The molecule has 31 heavy (non-hydrogen) atoms. The Labute approximate surface area is 179 Å². The van der Waals surface area contributed by atoms with Crippen LogP contribution in [-0.4, -0.2) is 22.9 Å². The fourth-order valence-corrected chi connectivity index (χ4v) is 3.87. The van der Waals surface area contributed by atoms with Crippen molar-refractivity contribution in [3.8, 4) is 17.2 Å². The summed E-state index contributed by atoms with van der Waals surface area (Å²) in [6.07, 6.45) is 1.25. The monoisotopic (exact) mass is 415 g/mol. The van der Waals surface area contributed by atoms with Crippen LogP contribution in [0.15, 0.2) is 66.7 Å². The van der Waals surface area contributed by atoms with Crippen molar-refractivity contribution < 1.29 is 24.1 Å². The number of benzene rings is 3. The Balaban J connectivity index is 1.41. The number of carboxylic acid groups (broad SMARTS) is 1. The number of H-pyrrole nitrogens is 1. The van der Waals surface area contributed by atoms with Gasteiger partial charge in [0.05, 0.1) is 0 Å². The van der Waals surface area contributed by atoms with E-state index in [1.807, 2.05) is 66.7 Å². The van der Waals surface area contributed by atoms with Gasteiger partial charge in [-0.05, 0) is 59.9 Å². The van der Waals surface area contributed by atoms with E-state index in [9.17, 15) is 9.90 Å². The van der Waals surface area contributed by atoms with Gasteiger partial charge in [0.1, 0.15) is 18.1 Å². The molecule has 2 N–H and O–H groups in total. The van der Waals surface area contributed by atoms with Gasteiger partial charge in [-0.25, -0.2) is 4.79 Å². The zero-order chi connectivity index (χ0) is 21.2. The van der Waals surface area contributed by atoms with Gasteiger partial charge >= 0.3 is 5.97 Å². The first kappa shape index (κ1) is 19.1. The highest BCUT2D eigenvalue weighted by molar-refractivity contribution is 5.97. The summed E-state index contributed by atoms with van der Waals surface area (Å²) < 4.78 is 16.8. The molecule has 0 saturated carbocycles. The van der Waals surface area contributed by atoms with Crippen LogP contribution < -0.4 is 14.2 Å². The molecule has 156 valence electrons. The third-order valence-electron chi connectivity index (χ3n) is 5.44. The average molecular weight is 415 g/mol. The summed E-state index contributed by atoms with van der Waals surface area (Å²) in [5.41, 5.74) is 3.91. The number of hydrogen-bond acceptors (Lipinski definition) is 4. The van der Waals surface area contributed by atoms with E-state index < -0.39 is 5.97 Å². The van der Waals surface area contributed by atoms with Gasteiger partial charge in [0.2, 0.25) is 6.79 Å². The van der Waals surface area contributed by atoms with E-state index in [1.54, 1.807) is 0 Å². The zero-order valence-electron chi connectivity index (χ0n) is 16.8. The summed E-state index contributed by atoms with van der Waals surface area (Å²) in [5, 5.41) is 10.6. The van der Waals surface area contributed by atoms with E-state index in [1.165, 1.54) is 0 Å². The molecule has 3 aromatic carbocycles. The Morgan fingerprint density at radius 2 is 1.77 bits per heavy atom. The van der Waals surface area contributed by atoms with Crippen molar-refractivity contribution in [2.75, 3.05) is 6.79 Å². The second-order valence-electron chi connectivity index (χ2n) is 7.45. The summed E-state index contributed by atoms with van der Waals surface area (Å²) >= 11 is 0. The van der Waals surface area contributed by atoms with Gasteiger partial charge < -0.3 is 24.3 Å². The molecule has 1 aliphatic rings. The van der Waals surface area contributed by atoms with Crippen LogP contribution in [0.25, 0.3) is 10.9 Å². The van der Waals surface area contributed by atoms with Gasteiger partial charge in [-0.2, -0.15) is 0 Å². The molecule has 4 aromatic rings. The largest absolute Gasteiger partial charge is 0.489 e. The molecule has 6 heteroatoms. The molecule has 0 amide bonds. The quantitative estimate of drug-likeness (QED) is 0.446. The number of aryl methyl sites for hydroxylation is 2. The molecular weight excluding hydrogens is 394 g/mol. The fourth-order valence-electron chi connectivity index (χ4n) is 3.87. The second kappa shape index (κ2) is 8.07. The Bertz CT molecular complexity index is 1250. The highest BCUT2D eigenvalue weighted by Crippen LogP contribution is 2.33. The minimum atomic E-state index is -0.969. The minimum Gasteiger partial charge on any atom is -0.489 e. The molecule has 1 aliphatic heterocycles. The molecule has 0 spiro atoms. The number of nitrogens with one attached hydrogen (secondary N) is 1. The predicted octanol–water partition coefficient (Wildman–Crippen LogP) is 4.96. The highest BCUT2D eigenvalue weighted by atomic mass is 16.7. The highest BCUT2D eigenvalue weighted by Gasteiger charge is 2.19. The molecule has 1 aromatic heterocycles. The van der Waals surface area contributed by atoms with Crippen molar-refractivity contribution in [1.82, 2.24) is 4.98 Å². The Kier molecular flexibility index (Phi) is 4.96. The molecule has 0 bridgehead atoms. The summed E-state index contributed by atoms with van der Waals surface area (Å²) in [6, 6.07) is 21.4. The van der Waals surface area contributed by atoms with Crippen molar-refractivity contribution >= 4 is 16.9 Å². The number of carboxylic acids is 1. The minimum absolute atomic E-state index is 0.218. The van der Waals surface area contributed by atoms with Crippen molar-refractivity contribution in [3.63, 3.8) is 0 Å². The van der Waals surface area contributed by atoms with Gasteiger partial charge in [0, 0.05) is 10.9 Å². The number of fused-ring (bicyclic) bond motifs is 2. The van der Waals surface area contributed by atoms with E-state index in [-0.39, 0.29) is 12.5 Å². The maximum absolute atomic E-state index is 11.9. The van der Waals surface area contributed by atoms with Crippen LogP contribution in [0, 0.1) is 0 Å². The summed E-state index contributed by atoms with van der Waals surface area (Å²) in [5.74, 6) is 1.20. The zero-order valence-corrected chi connectivity index (χ0v) is 16.8. The maximum Gasteiger partial charge on any atom is 0.352 e. The normalized spacial score (nSPS) is 12.3. The number of aromatic amines is 1. The lowest BCUT2D eigenvalue weighted by atomic mass is 10.0. The second-order valence-corrected chi connectivity index (χ2v) is 7.45. The number of carbonyl (C=O) groups is 1. The van der Waals surface area contributed by atoms with Gasteiger partial charge in [-0.15, -0.1) is 0 Å². The lowest BCUT2D eigenvalue weighted by Crippen LogP contribution is -2.02. The number of aromatic nitrogens is 1. The van der Waals surface area contributed by atoms with Crippen LogP contribution in [0.5, 0.6) is 17.2 Å². The predicted molar refractivity (Wildman–Crippen MR) is 116 cm³/mol. The molecule has 5 rings (SSSR count). The average Bonchev–Trinajstić information content (AvgIpc) is 3.40. The molecule has 6 nitrogen and oxygen atoms in total. The third-order valence-corrected chi connectivity index (χ3v) is 5.44. The molecular formula is C25H21NO5. The number of ether oxygens (including phenoxy) is 3. The van der Waals surface area contributed by atoms with Crippen LogP contribution in [-0.2, 0) is 19.4 Å². The first-order valence-corrected chi connectivity index (χ1v) is 10.1.